The monoisotopic (exact) mass is 579 g/mol. The quantitative estimate of drug-likeness (QED) is 0.234. The summed E-state index contributed by atoms with van der Waals surface area (Å²) in [4.78, 5) is 49.9. The molecule has 0 saturated heterocycles. The third-order valence-corrected chi connectivity index (χ3v) is 6.95. The maximum atomic E-state index is 13.8. The minimum absolute atomic E-state index is 0.0793. The molecule has 0 atom stereocenters. The maximum absolute atomic E-state index is 13.8. The summed E-state index contributed by atoms with van der Waals surface area (Å²) in [5.41, 5.74) is 13.1. The molecule has 0 fully saturated rings. The lowest BCUT2D eigenvalue weighted by atomic mass is 9.86. The average Bonchev–Trinajstić information content (AvgIpc) is 3.00. The van der Waals surface area contributed by atoms with Crippen molar-refractivity contribution in [1.29, 1.82) is 0 Å². The molecule has 12 heteroatoms. The van der Waals surface area contributed by atoms with Crippen LogP contribution in [0.1, 0.15) is 11.1 Å². The number of nitrogens with two attached hydrogens (primary N) is 2. The summed E-state index contributed by atoms with van der Waals surface area (Å²) in [5.74, 6) is -0.209. The van der Waals surface area contributed by atoms with Crippen molar-refractivity contribution in [2.45, 2.75) is 0 Å². The average molecular weight is 580 g/mol. The molecule has 12 nitrogen and oxygen atoms in total. The van der Waals surface area contributed by atoms with Crippen LogP contribution in [0.2, 0.25) is 0 Å². The zero-order valence-electron chi connectivity index (χ0n) is 23.0. The molecule has 218 valence electrons. The van der Waals surface area contributed by atoms with E-state index in [1.165, 1.54) is 28.3 Å². The number of anilines is 2. The van der Waals surface area contributed by atoms with Crippen molar-refractivity contribution in [3.8, 4) is 16.9 Å². The Hall–Kier alpha value is -5.91. The predicted octanol–water partition coefficient (Wildman–Crippen LogP) is 3.21. The van der Waals surface area contributed by atoms with Gasteiger partial charge in [-0.15, -0.1) is 0 Å². The molecule has 6 N–H and O–H groups in total. The highest BCUT2D eigenvalue weighted by Crippen LogP contribution is 2.36. The molecule has 0 aromatic heterocycles. The lowest BCUT2D eigenvalue weighted by Crippen LogP contribution is -2.38. The largest absolute Gasteiger partial charge is 0.507 e. The Balaban J connectivity index is 1.51. The van der Waals surface area contributed by atoms with Gasteiger partial charge < -0.3 is 21.8 Å². The number of carbonyl (C=O) groups excluding carboxylic acids is 2. The SMILES string of the molecule is NC(=O)N(CCN=C1C=CC(=NCCN(C(N)=O)c2ccccc2)c2c1c(O)c1ccn(O)cc-1c2=O)c1ccccc1. The third-order valence-electron chi connectivity index (χ3n) is 6.95. The number of benzene rings is 3. The Labute approximate surface area is 246 Å². The molecule has 0 radical (unpaired) electrons. The number of phenols is 1. The summed E-state index contributed by atoms with van der Waals surface area (Å²) in [5, 5.41) is 21.3. The molecular weight excluding hydrogens is 550 g/mol. The van der Waals surface area contributed by atoms with Gasteiger partial charge in [-0.25, -0.2) is 14.3 Å². The van der Waals surface area contributed by atoms with Gasteiger partial charge in [-0.05, 0) is 42.5 Å². The number of allylic oxidation sites excluding steroid dienone is 2. The van der Waals surface area contributed by atoms with Crippen LogP contribution in [0.4, 0.5) is 21.0 Å². The number of urea groups is 2. The minimum atomic E-state index is -0.651. The third kappa shape index (κ3) is 5.93. The van der Waals surface area contributed by atoms with Crippen LogP contribution in [0.15, 0.2) is 106 Å². The van der Waals surface area contributed by atoms with E-state index in [0.717, 1.165) is 4.73 Å². The van der Waals surface area contributed by atoms with Crippen molar-refractivity contribution in [3.05, 3.63) is 113 Å². The van der Waals surface area contributed by atoms with E-state index in [0.29, 0.717) is 17.1 Å². The number of primary amides is 2. The number of carbonyl (C=O) groups is 2. The molecular formula is C31H29N7O5. The smallest absolute Gasteiger partial charge is 0.319 e. The summed E-state index contributed by atoms with van der Waals surface area (Å²) in [6, 6.07) is 17.9. The van der Waals surface area contributed by atoms with Gasteiger partial charge in [-0.2, -0.15) is 0 Å². The van der Waals surface area contributed by atoms with Crippen LogP contribution in [0.3, 0.4) is 0 Å². The lowest BCUT2D eigenvalue weighted by molar-refractivity contribution is 0.184. The molecule has 1 heterocycles. The number of hydrogen-bond donors (Lipinski definition) is 4. The van der Waals surface area contributed by atoms with E-state index in [2.05, 4.69) is 9.98 Å². The van der Waals surface area contributed by atoms with Gasteiger partial charge in [-0.3, -0.25) is 24.6 Å². The van der Waals surface area contributed by atoms with E-state index < -0.39 is 17.5 Å². The molecule has 2 aliphatic carbocycles. The Bertz CT molecular complexity index is 1780. The highest BCUT2D eigenvalue weighted by molar-refractivity contribution is 6.27. The van der Waals surface area contributed by atoms with E-state index >= 15 is 0 Å². The van der Waals surface area contributed by atoms with Crippen molar-refractivity contribution < 1.29 is 19.9 Å². The van der Waals surface area contributed by atoms with E-state index in [4.69, 9.17) is 11.5 Å². The highest BCUT2D eigenvalue weighted by atomic mass is 16.5. The van der Waals surface area contributed by atoms with Gasteiger partial charge in [0.2, 0.25) is 0 Å². The zero-order valence-corrected chi connectivity index (χ0v) is 23.0. The van der Waals surface area contributed by atoms with Gasteiger partial charge >= 0.3 is 12.1 Å². The van der Waals surface area contributed by atoms with Crippen molar-refractivity contribution >= 4 is 34.9 Å². The first kappa shape index (κ1) is 28.6. The Morgan fingerprint density at radius 3 is 1.72 bits per heavy atom. The Morgan fingerprint density at radius 2 is 1.23 bits per heavy atom. The zero-order chi connectivity index (χ0) is 30.5. The lowest BCUT2D eigenvalue weighted by Gasteiger charge is -2.22. The molecule has 3 aliphatic rings. The fourth-order valence-corrected chi connectivity index (χ4v) is 4.95. The summed E-state index contributed by atoms with van der Waals surface area (Å²) >= 11 is 0. The first-order valence-corrected chi connectivity index (χ1v) is 13.4. The van der Waals surface area contributed by atoms with Crippen molar-refractivity contribution in [2.24, 2.45) is 21.5 Å². The van der Waals surface area contributed by atoms with Crippen molar-refractivity contribution in [2.75, 3.05) is 36.0 Å². The van der Waals surface area contributed by atoms with Crippen LogP contribution in [0.25, 0.3) is 11.1 Å². The topological polar surface area (TPSA) is 180 Å². The van der Waals surface area contributed by atoms with Gasteiger partial charge in [0.05, 0.1) is 47.4 Å². The Kier molecular flexibility index (Phi) is 8.19. The normalized spacial score (nSPS) is 14.1. The number of para-hydroxylation sites is 2. The predicted molar refractivity (Wildman–Crippen MR) is 165 cm³/mol. The van der Waals surface area contributed by atoms with Gasteiger partial charge in [0.15, 0.2) is 5.43 Å². The summed E-state index contributed by atoms with van der Waals surface area (Å²) < 4.78 is 0.729. The molecule has 0 unspecified atom stereocenters. The van der Waals surface area contributed by atoms with Crippen LogP contribution in [0.5, 0.6) is 5.75 Å². The molecule has 1 aliphatic heterocycles. The minimum Gasteiger partial charge on any atom is -0.507 e. The van der Waals surface area contributed by atoms with Crippen molar-refractivity contribution in [3.63, 3.8) is 0 Å². The van der Waals surface area contributed by atoms with Crippen molar-refractivity contribution in [1.82, 2.24) is 4.73 Å². The number of aromatic hydroxyl groups is 1. The molecule has 0 spiro atoms. The molecule has 4 amide bonds. The number of hydrogen-bond acceptors (Lipinski definition) is 7. The van der Waals surface area contributed by atoms with Crippen LogP contribution < -0.4 is 26.7 Å². The second kappa shape index (κ2) is 12.3. The number of aliphatic imine (C=N–C) groups is 2. The first-order valence-electron chi connectivity index (χ1n) is 13.4. The maximum Gasteiger partial charge on any atom is 0.319 e. The van der Waals surface area contributed by atoms with Crippen LogP contribution in [-0.4, -0.2) is 64.7 Å². The van der Waals surface area contributed by atoms with Gasteiger partial charge in [0.25, 0.3) is 0 Å². The van der Waals surface area contributed by atoms with Gasteiger partial charge in [-0.1, -0.05) is 36.4 Å². The number of phenolic OH excluding ortho intramolecular Hbond substituents is 1. The van der Waals surface area contributed by atoms with E-state index in [-0.39, 0.29) is 59.9 Å². The summed E-state index contributed by atoms with van der Waals surface area (Å²) in [6.45, 7) is 0.505. The summed E-state index contributed by atoms with van der Waals surface area (Å²) in [6.07, 6.45) is 5.73. The van der Waals surface area contributed by atoms with Crippen LogP contribution in [-0.2, 0) is 0 Å². The van der Waals surface area contributed by atoms with E-state index in [1.54, 1.807) is 60.7 Å². The summed E-state index contributed by atoms with van der Waals surface area (Å²) in [7, 11) is 0. The number of fused-ring (bicyclic) bond motifs is 2. The standard InChI is InChI=1S/C31H29N7O5/c32-30(41)37(20-7-3-1-4-8-20)17-14-34-24-11-12-25(35-15-18-38(31(33)42)21-9-5-2-6-10-21)27-26(24)28(39)22-13-16-36(43)19-23(22)29(27)40/h1-13,16,19,39,43H,14-15,17-18H2,(H2,32,41)(H2,33,42). The number of pyridine rings is 1. The molecule has 43 heavy (non-hydrogen) atoms. The highest BCUT2D eigenvalue weighted by Gasteiger charge is 2.29. The van der Waals surface area contributed by atoms with Gasteiger partial charge in [0, 0.05) is 36.2 Å². The molecule has 5 rings (SSSR count). The van der Waals surface area contributed by atoms with E-state index in [1.807, 2.05) is 12.1 Å². The van der Waals surface area contributed by atoms with E-state index in [9.17, 15) is 24.7 Å². The number of amides is 4. The second-order valence-electron chi connectivity index (χ2n) is 9.60. The number of nitrogens with zero attached hydrogens (tertiary/aromatic N) is 5. The first-order chi connectivity index (χ1) is 20.8. The fourth-order valence-electron chi connectivity index (χ4n) is 4.95. The van der Waals surface area contributed by atoms with Crippen LogP contribution in [0, 0.1) is 0 Å². The second-order valence-corrected chi connectivity index (χ2v) is 9.60. The Morgan fingerprint density at radius 1 is 0.744 bits per heavy atom. The number of rotatable bonds is 8. The van der Waals surface area contributed by atoms with Crippen LogP contribution >= 0.6 is 0 Å². The fraction of sp³-hybridized carbons (Fsp3) is 0.129. The molecule has 2 aromatic rings. The molecule has 2 aromatic carbocycles. The van der Waals surface area contributed by atoms with Gasteiger partial charge in [0.1, 0.15) is 5.75 Å². The molecule has 0 bridgehead atoms. The number of aromatic nitrogens is 1. The molecule has 0 saturated carbocycles.